The molecule has 1 aromatic carbocycles. The number of nitrogens with zero attached hydrogens (tertiary/aromatic N) is 2. The van der Waals surface area contributed by atoms with Gasteiger partial charge >= 0.3 is 0 Å². The molecule has 2 rings (SSSR count). The van der Waals surface area contributed by atoms with Crippen molar-refractivity contribution < 1.29 is 19.2 Å². The third-order valence-corrected chi connectivity index (χ3v) is 3.44. The Morgan fingerprint density at radius 2 is 1.86 bits per heavy atom. The van der Waals surface area contributed by atoms with Crippen LogP contribution in [0.2, 0.25) is 0 Å². The molecule has 7 heteroatoms. The maximum atomic E-state index is 12.4. The predicted octanol–water partition coefficient (Wildman–Crippen LogP) is 2.00. The van der Waals surface area contributed by atoms with Crippen LogP contribution in [0.4, 0.5) is 5.69 Å². The van der Waals surface area contributed by atoms with Crippen molar-refractivity contribution in [3.63, 3.8) is 0 Å². The molecule has 3 atom stereocenters. The summed E-state index contributed by atoms with van der Waals surface area (Å²) < 4.78 is 11.2. The third kappa shape index (κ3) is 3.94. The van der Waals surface area contributed by atoms with E-state index in [9.17, 15) is 14.9 Å². The van der Waals surface area contributed by atoms with E-state index >= 15 is 0 Å². The van der Waals surface area contributed by atoms with Crippen molar-refractivity contribution >= 4 is 11.6 Å². The Hall–Kier alpha value is -2.15. The highest BCUT2D eigenvalue weighted by Gasteiger charge is 2.29. The molecule has 7 nitrogen and oxygen atoms in total. The van der Waals surface area contributed by atoms with E-state index in [2.05, 4.69) is 0 Å². The second-order valence-electron chi connectivity index (χ2n) is 5.51. The number of hydrogen-bond donors (Lipinski definition) is 0. The second kappa shape index (κ2) is 6.74. The lowest BCUT2D eigenvalue weighted by atomic mass is 10.2. The lowest BCUT2D eigenvalue weighted by Gasteiger charge is -2.36. The highest BCUT2D eigenvalue weighted by molar-refractivity contribution is 5.81. The van der Waals surface area contributed by atoms with Crippen LogP contribution in [0.1, 0.15) is 20.8 Å². The predicted molar refractivity (Wildman–Crippen MR) is 79.8 cm³/mol. The first-order chi connectivity index (χ1) is 10.4. The van der Waals surface area contributed by atoms with E-state index in [1.165, 1.54) is 24.3 Å². The number of non-ortho nitro benzene ring substituents is 1. The molecule has 0 bridgehead atoms. The van der Waals surface area contributed by atoms with E-state index in [-0.39, 0.29) is 23.8 Å². The van der Waals surface area contributed by atoms with Crippen LogP contribution < -0.4 is 4.74 Å². The zero-order valence-electron chi connectivity index (χ0n) is 12.9. The Bertz CT molecular complexity index is 535. The molecule has 120 valence electrons. The van der Waals surface area contributed by atoms with Gasteiger partial charge in [0.2, 0.25) is 0 Å². The fourth-order valence-corrected chi connectivity index (χ4v) is 2.52. The van der Waals surface area contributed by atoms with E-state index in [0.717, 1.165) is 0 Å². The van der Waals surface area contributed by atoms with Gasteiger partial charge in [0, 0.05) is 25.2 Å². The average molecular weight is 308 g/mol. The van der Waals surface area contributed by atoms with E-state index in [1.54, 1.807) is 11.8 Å². The molecule has 1 aliphatic heterocycles. The number of hydrogen-bond acceptors (Lipinski definition) is 5. The maximum Gasteiger partial charge on any atom is 0.269 e. The number of amides is 1. The smallest absolute Gasteiger partial charge is 0.269 e. The van der Waals surface area contributed by atoms with E-state index < -0.39 is 11.0 Å². The summed E-state index contributed by atoms with van der Waals surface area (Å²) in [5.41, 5.74) is -0.0119. The fourth-order valence-electron chi connectivity index (χ4n) is 2.52. The molecule has 0 aromatic heterocycles. The summed E-state index contributed by atoms with van der Waals surface area (Å²) >= 11 is 0. The minimum atomic E-state index is -0.654. The lowest BCUT2D eigenvalue weighted by molar-refractivity contribution is -0.384. The Balaban J connectivity index is 1.97. The van der Waals surface area contributed by atoms with Crippen LogP contribution in [0, 0.1) is 10.1 Å². The van der Waals surface area contributed by atoms with Crippen LogP contribution in [0.3, 0.4) is 0 Å². The van der Waals surface area contributed by atoms with Gasteiger partial charge in [-0.25, -0.2) is 0 Å². The van der Waals surface area contributed by atoms with Crippen LogP contribution in [0.5, 0.6) is 5.75 Å². The van der Waals surface area contributed by atoms with Crippen molar-refractivity contribution in [2.75, 3.05) is 13.1 Å². The molecular formula is C15H20N2O5. The molecule has 0 spiro atoms. The molecule has 0 aliphatic carbocycles. The summed E-state index contributed by atoms with van der Waals surface area (Å²) in [7, 11) is 0. The van der Waals surface area contributed by atoms with Gasteiger partial charge < -0.3 is 14.4 Å². The number of carbonyl (C=O) groups is 1. The van der Waals surface area contributed by atoms with Gasteiger partial charge in [0.05, 0.1) is 17.1 Å². The first kappa shape index (κ1) is 16.2. The van der Waals surface area contributed by atoms with Crippen LogP contribution >= 0.6 is 0 Å². The molecule has 1 aromatic rings. The normalized spacial score (nSPS) is 23.0. The van der Waals surface area contributed by atoms with E-state index in [0.29, 0.717) is 18.8 Å². The average Bonchev–Trinajstić information content (AvgIpc) is 2.46. The summed E-state index contributed by atoms with van der Waals surface area (Å²) in [5, 5.41) is 10.6. The summed E-state index contributed by atoms with van der Waals surface area (Å²) in [4.78, 5) is 24.3. The van der Waals surface area contributed by atoms with Gasteiger partial charge in [-0.1, -0.05) is 0 Å². The molecule has 0 unspecified atom stereocenters. The monoisotopic (exact) mass is 308 g/mol. The Kier molecular flexibility index (Phi) is 4.97. The molecule has 1 aliphatic rings. The molecular weight excluding hydrogens is 288 g/mol. The number of morpholine rings is 1. The number of benzene rings is 1. The van der Waals surface area contributed by atoms with Gasteiger partial charge in [-0.3, -0.25) is 14.9 Å². The molecule has 0 saturated carbocycles. The molecule has 0 N–H and O–H groups in total. The standard InChI is InChI=1S/C15H20N2O5/c1-10-8-16(9-11(2)21-10)15(18)12(3)22-14-6-4-13(5-7-14)17(19)20/h4-7,10-12H,8-9H2,1-3H3/t10-,11-,12+/m1/s1. The minimum absolute atomic E-state index is 0.000671. The number of ether oxygens (including phenoxy) is 2. The van der Waals surface area contributed by atoms with Crippen LogP contribution in [-0.4, -0.2) is 47.1 Å². The third-order valence-electron chi connectivity index (χ3n) is 3.44. The topological polar surface area (TPSA) is 81.9 Å². The second-order valence-corrected chi connectivity index (χ2v) is 5.51. The lowest BCUT2D eigenvalue weighted by Crippen LogP contribution is -2.51. The van der Waals surface area contributed by atoms with Gasteiger partial charge in [-0.05, 0) is 32.9 Å². The molecule has 1 heterocycles. The van der Waals surface area contributed by atoms with E-state index in [1.807, 2.05) is 13.8 Å². The zero-order valence-corrected chi connectivity index (χ0v) is 12.9. The number of carbonyl (C=O) groups excluding carboxylic acids is 1. The first-order valence-electron chi connectivity index (χ1n) is 7.22. The number of rotatable bonds is 4. The largest absolute Gasteiger partial charge is 0.481 e. The van der Waals surface area contributed by atoms with Gasteiger partial charge in [0.25, 0.3) is 11.6 Å². The minimum Gasteiger partial charge on any atom is -0.481 e. The SMILES string of the molecule is C[C@@H]1CN(C(=O)[C@H](C)Oc2ccc([N+](=O)[O-])cc2)C[C@@H](C)O1. The molecule has 22 heavy (non-hydrogen) atoms. The zero-order chi connectivity index (χ0) is 16.3. The highest BCUT2D eigenvalue weighted by atomic mass is 16.6. The van der Waals surface area contributed by atoms with Crippen LogP contribution in [0.25, 0.3) is 0 Å². The fraction of sp³-hybridized carbons (Fsp3) is 0.533. The maximum absolute atomic E-state index is 12.4. The van der Waals surface area contributed by atoms with Crippen molar-refractivity contribution in [2.45, 2.75) is 39.1 Å². The van der Waals surface area contributed by atoms with Crippen molar-refractivity contribution in [1.29, 1.82) is 0 Å². The number of nitro benzene ring substituents is 1. The van der Waals surface area contributed by atoms with Gasteiger partial charge in [0.15, 0.2) is 6.10 Å². The van der Waals surface area contributed by atoms with E-state index in [4.69, 9.17) is 9.47 Å². The summed E-state index contributed by atoms with van der Waals surface area (Å²) in [6.45, 7) is 6.61. The van der Waals surface area contributed by atoms with Crippen molar-refractivity contribution in [3.05, 3.63) is 34.4 Å². The molecule has 1 fully saturated rings. The van der Waals surface area contributed by atoms with Gasteiger partial charge in [-0.2, -0.15) is 0 Å². The summed E-state index contributed by atoms with van der Waals surface area (Å²) in [6.07, 6.45) is -0.655. The first-order valence-corrected chi connectivity index (χ1v) is 7.22. The summed E-state index contributed by atoms with van der Waals surface area (Å²) in [6, 6.07) is 5.69. The van der Waals surface area contributed by atoms with Crippen molar-refractivity contribution in [3.8, 4) is 5.75 Å². The molecule has 1 saturated heterocycles. The van der Waals surface area contributed by atoms with Gasteiger partial charge in [-0.15, -0.1) is 0 Å². The van der Waals surface area contributed by atoms with Crippen molar-refractivity contribution in [1.82, 2.24) is 4.90 Å². The van der Waals surface area contributed by atoms with Crippen LogP contribution in [0.15, 0.2) is 24.3 Å². The Morgan fingerprint density at radius 3 is 2.36 bits per heavy atom. The summed E-state index contributed by atoms with van der Waals surface area (Å²) in [5.74, 6) is 0.321. The molecule has 0 radical (unpaired) electrons. The van der Waals surface area contributed by atoms with Gasteiger partial charge in [0.1, 0.15) is 5.75 Å². The Morgan fingerprint density at radius 1 is 1.32 bits per heavy atom. The molecule has 1 amide bonds. The highest BCUT2D eigenvalue weighted by Crippen LogP contribution is 2.19. The number of nitro groups is 1. The Labute approximate surface area is 129 Å². The quantitative estimate of drug-likeness (QED) is 0.627. The van der Waals surface area contributed by atoms with Crippen LogP contribution in [-0.2, 0) is 9.53 Å². The van der Waals surface area contributed by atoms with Crippen molar-refractivity contribution in [2.24, 2.45) is 0 Å².